The number of aromatic nitrogens is 2. The SMILES string of the molecule is O=C(N/C(=C/c1ccc(Br)cc1)c1nc2ccc(Cl)cc2[nH]1)c1ccco1. The van der Waals surface area contributed by atoms with Crippen molar-refractivity contribution < 1.29 is 9.21 Å². The number of fused-ring (bicyclic) bond motifs is 1. The van der Waals surface area contributed by atoms with Gasteiger partial charge in [0.1, 0.15) is 0 Å². The molecule has 5 nitrogen and oxygen atoms in total. The van der Waals surface area contributed by atoms with Crippen molar-refractivity contribution in [3.05, 3.63) is 87.5 Å². The summed E-state index contributed by atoms with van der Waals surface area (Å²) in [6.45, 7) is 0. The third-order valence-corrected chi connectivity index (χ3v) is 4.64. The van der Waals surface area contributed by atoms with E-state index in [2.05, 4.69) is 31.2 Å². The third-order valence-electron chi connectivity index (χ3n) is 3.87. The van der Waals surface area contributed by atoms with E-state index in [1.165, 1.54) is 6.26 Å². The van der Waals surface area contributed by atoms with Gasteiger partial charge in [-0.1, -0.05) is 39.7 Å². The number of imidazole rings is 1. The summed E-state index contributed by atoms with van der Waals surface area (Å²) in [7, 11) is 0. The first-order chi connectivity index (χ1) is 13.1. The summed E-state index contributed by atoms with van der Waals surface area (Å²) in [6, 6.07) is 16.4. The van der Waals surface area contributed by atoms with E-state index >= 15 is 0 Å². The number of furan rings is 1. The van der Waals surface area contributed by atoms with Gasteiger partial charge in [-0.15, -0.1) is 0 Å². The molecule has 2 heterocycles. The molecule has 4 rings (SSSR count). The Morgan fingerprint density at radius 3 is 2.74 bits per heavy atom. The number of aromatic amines is 1. The number of H-pyrrole nitrogens is 1. The molecular weight excluding hydrogens is 430 g/mol. The van der Waals surface area contributed by atoms with Gasteiger partial charge < -0.3 is 14.7 Å². The van der Waals surface area contributed by atoms with Gasteiger partial charge in [0.25, 0.3) is 5.91 Å². The van der Waals surface area contributed by atoms with Gasteiger partial charge in [-0.05, 0) is 54.1 Å². The molecule has 2 aromatic carbocycles. The molecule has 0 bridgehead atoms. The first kappa shape index (κ1) is 17.6. The van der Waals surface area contributed by atoms with E-state index < -0.39 is 0 Å². The van der Waals surface area contributed by atoms with Gasteiger partial charge in [-0.25, -0.2) is 4.98 Å². The lowest BCUT2D eigenvalue weighted by molar-refractivity contribution is 0.0946. The highest BCUT2D eigenvalue weighted by Gasteiger charge is 2.15. The van der Waals surface area contributed by atoms with Crippen LogP contribution in [0, 0.1) is 0 Å². The number of carbonyl (C=O) groups is 1. The average molecular weight is 443 g/mol. The number of nitrogens with one attached hydrogen (secondary N) is 2. The van der Waals surface area contributed by atoms with Gasteiger partial charge in [-0.3, -0.25) is 4.79 Å². The second-order valence-electron chi connectivity index (χ2n) is 5.79. The van der Waals surface area contributed by atoms with Crippen molar-refractivity contribution in [1.82, 2.24) is 15.3 Å². The molecule has 1 amide bonds. The lowest BCUT2D eigenvalue weighted by Crippen LogP contribution is -2.22. The maximum Gasteiger partial charge on any atom is 0.291 e. The van der Waals surface area contributed by atoms with Crippen molar-refractivity contribution in [2.24, 2.45) is 0 Å². The van der Waals surface area contributed by atoms with E-state index in [9.17, 15) is 4.79 Å². The van der Waals surface area contributed by atoms with Crippen LogP contribution in [0.3, 0.4) is 0 Å². The van der Waals surface area contributed by atoms with E-state index in [1.54, 1.807) is 24.3 Å². The van der Waals surface area contributed by atoms with E-state index in [0.717, 1.165) is 21.1 Å². The minimum Gasteiger partial charge on any atom is -0.459 e. The number of carbonyl (C=O) groups excluding carboxylic acids is 1. The average Bonchev–Trinajstić information content (AvgIpc) is 3.32. The molecule has 0 saturated heterocycles. The van der Waals surface area contributed by atoms with Gasteiger partial charge in [0, 0.05) is 9.50 Å². The quantitative estimate of drug-likeness (QED) is 0.438. The van der Waals surface area contributed by atoms with Gasteiger partial charge >= 0.3 is 0 Å². The van der Waals surface area contributed by atoms with E-state index in [0.29, 0.717) is 16.5 Å². The highest BCUT2D eigenvalue weighted by Crippen LogP contribution is 2.22. The minimum atomic E-state index is -0.359. The molecule has 0 atom stereocenters. The summed E-state index contributed by atoms with van der Waals surface area (Å²) in [5.41, 5.74) is 2.97. The van der Waals surface area contributed by atoms with Crippen LogP contribution in [-0.2, 0) is 0 Å². The largest absolute Gasteiger partial charge is 0.459 e. The van der Waals surface area contributed by atoms with Crippen LogP contribution in [0.2, 0.25) is 5.02 Å². The molecule has 2 aromatic heterocycles. The molecule has 0 aliphatic carbocycles. The maximum absolute atomic E-state index is 12.5. The zero-order valence-electron chi connectivity index (χ0n) is 13.9. The molecule has 0 aliphatic heterocycles. The predicted molar refractivity (Wildman–Crippen MR) is 109 cm³/mol. The topological polar surface area (TPSA) is 70.9 Å². The number of hydrogen-bond donors (Lipinski definition) is 2. The summed E-state index contributed by atoms with van der Waals surface area (Å²) >= 11 is 9.47. The Hall–Kier alpha value is -2.83. The smallest absolute Gasteiger partial charge is 0.291 e. The number of rotatable bonds is 4. The summed E-state index contributed by atoms with van der Waals surface area (Å²) < 4.78 is 6.15. The summed E-state index contributed by atoms with van der Waals surface area (Å²) in [6.07, 6.45) is 3.29. The van der Waals surface area contributed by atoms with Crippen molar-refractivity contribution in [3.63, 3.8) is 0 Å². The molecule has 2 N–H and O–H groups in total. The maximum atomic E-state index is 12.5. The van der Waals surface area contributed by atoms with Crippen LogP contribution in [0.25, 0.3) is 22.8 Å². The van der Waals surface area contributed by atoms with E-state index in [1.807, 2.05) is 36.4 Å². The monoisotopic (exact) mass is 441 g/mol. The molecule has 0 spiro atoms. The van der Waals surface area contributed by atoms with Crippen LogP contribution < -0.4 is 5.32 Å². The first-order valence-corrected chi connectivity index (χ1v) is 9.23. The molecule has 0 aliphatic rings. The van der Waals surface area contributed by atoms with Crippen molar-refractivity contribution in [1.29, 1.82) is 0 Å². The van der Waals surface area contributed by atoms with Gasteiger partial charge in [0.2, 0.25) is 0 Å². The predicted octanol–water partition coefficient (Wildman–Crippen LogP) is 5.50. The highest BCUT2D eigenvalue weighted by molar-refractivity contribution is 9.10. The summed E-state index contributed by atoms with van der Waals surface area (Å²) in [4.78, 5) is 20.3. The minimum absolute atomic E-state index is 0.218. The molecule has 0 saturated carbocycles. The standard InChI is InChI=1S/C20H13BrClN3O2/c21-13-5-3-12(4-6-13)10-17(25-20(26)18-2-1-9-27-18)19-23-15-8-7-14(22)11-16(15)24-19/h1-11H,(H,23,24)(H,25,26)/b17-10+. The third kappa shape index (κ3) is 3.97. The fraction of sp³-hybridized carbons (Fsp3) is 0. The summed E-state index contributed by atoms with van der Waals surface area (Å²) in [5.74, 6) is 0.382. The zero-order valence-corrected chi connectivity index (χ0v) is 16.2. The number of benzene rings is 2. The van der Waals surface area contributed by atoms with Gasteiger partial charge in [-0.2, -0.15) is 0 Å². The molecule has 0 unspecified atom stereocenters. The number of amides is 1. The Morgan fingerprint density at radius 2 is 2.00 bits per heavy atom. The van der Waals surface area contributed by atoms with Gasteiger partial charge in [0.05, 0.1) is 23.0 Å². The molecular formula is C20H13BrClN3O2. The van der Waals surface area contributed by atoms with E-state index in [4.69, 9.17) is 16.0 Å². The van der Waals surface area contributed by atoms with Crippen LogP contribution in [-0.4, -0.2) is 15.9 Å². The normalized spacial score (nSPS) is 11.7. The number of hydrogen-bond acceptors (Lipinski definition) is 3. The Bertz CT molecular complexity index is 1130. The van der Waals surface area contributed by atoms with E-state index in [-0.39, 0.29) is 11.7 Å². The molecule has 0 fully saturated rings. The van der Waals surface area contributed by atoms with Crippen molar-refractivity contribution >= 4 is 56.2 Å². The number of halogens is 2. The fourth-order valence-electron chi connectivity index (χ4n) is 2.59. The van der Waals surface area contributed by atoms with Crippen LogP contribution in [0.5, 0.6) is 0 Å². The number of nitrogens with zero attached hydrogens (tertiary/aromatic N) is 1. The van der Waals surface area contributed by atoms with Crippen molar-refractivity contribution in [2.45, 2.75) is 0 Å². The van der Waals surface area contributed by atoms with Crippen molar-refractivity contribution in [2.75, 3.05) is 0 Å². The van der Waals surface area contributed by atoms with Crippen LogP contribution in [0.15, 0.2) is 69.8 Å². The van der Waals surface area contributed by atoms with Crippen LogP contribution >= 0.6 is 27.5 Å². The zero-order chi connectivity index (χ0) is 18.8. The fourth-order valence-corrected chi connectivity index (χ4v) is 3.03. The van der Waals surface area contributed by atoms with Crippen LogP contribution in [0.1, 0.15) is 21.9 Å². The molecule has 27 heavy (non-hydrogen) atoms. The Balaban J connectivity index is 1.76. The molecule has 7 heteroatoms. The van der Waals surface area contributed by atoms with Gasteiger partial charge in [0.15, 0.2) is 11.6 Å². The Morgan fingerprint density at radius 1 is 1.19 bits per heavy atom. The summed E-state index contributed by atoms with van der Waals surface area (Å²) in [5, 5.41) is 3.47. The van der Waals surface area contributed by atoms with Crippen LogP contribution in [0.4, 0.5) is 0 Å². The molecule has 4 aromatic rings. The Labute approximate surface area is 168 Å². The lowest BCUT2D eigenvalue weighted by atomic mass is 10.2. The lowest BCUT2D eigenvalue weighted by Gasteiger charge is -2.07. The Kier molecular flexibility index (Phi) is 4.83. The first-order valence-electron chi connectivity index (χ1n) is 8.06. The highest BCUT2D eigenvalue weighted by atomic mass is 79.9. The second kappa shape index (κ2) is 7.42. The van der Waals surface area contributed by atoms with Crippen molar-refractivity contribution in [3.8, 4) is 0 Å². The molecule has 0 radical (unpaired) electrons. The second-order valence-corrected chi connectivity index (χ2v) is 7.14. The molecule has 134 valence electrons.